The molecule has 0 aliphatic rings. The van der Waals surface area contributed by atoms with Gasteiger partial charge in [0.2, 0.25) is 0 Å². The predicted molar refractivity (Wildman–Crippen MR) is 97.1 cm³/mol. The summed E-state index contributed by atoms with van der Waals surface area (Å²) in [6.07, 6.45) is 3.73. The van der Waals surface area contributed by atoms with Crippen LogP contribution in [0.5, 0.6) is 0 Å². The number of hydrogen-bond acceptors (Lipinski definition) is 3. The Morgan fingerprint density at radius 1 is 1.12 bits per heavy atom. The average molecular weight is 321 g/mol. The van der Waals surface area contributed by atoms with Gasteiger partial charge in [0.1, 0.15) is 0 Å². The van der Waals surface area contributed by atoms with Crippen molar-refractivity contribution in [1.29, 1.82) is 0 Å². The van der Waals surface area contributed by atoms with E-state index >= 15 is 0 Å². The van der Waals surface area contributed by atoms with Crippen LogP contribution in [-0.2, 0) is 6.54 Å². The van der Waals surface area contributed by atoms with Gasteiger partial charge < -0.3 is 10.4 Å². The van der Waals surface area contributed by atoms with Crippen LogP contribution in [0, 0.1) is 13.8 Å². The number of aryl methyl sites for hydroxylation is 2. The van der Waals surface area contributed by atoms with Crippen molar-refractivity contribution in [2.45, 2.75) is 26.4 Å². The van der Waals surface area contributed by atoms with E-state index in [4.69, 9.17) is 5.11 Å². The molecule has 0 radical (unpaired) electrons. The van der Waals surface area contributed by atoms with Crippen molar-refractivity contribution in [3.8, 4) is 0 Å². The van der Waals surface area contributed by atoms with Crippen LogP contribution in [0.4, 0.5) is 5.69 Å². The van der Waals surface area contributed by atoms with Crippen molar-refractivity contribution < 1.29 is 5.11 Å². The molecule has 2 aromatic carbocycles. The van der Waals surface area contributed by atoms with E-state index < -0.39 is 0 Å². The van der Waals surface area contributed by atoms with Crippen molar-refractivity contribution in [1.82, 2.24) is 9.78 Å². The molecule has 0 amide bonds. The van der Waals surface area contributed by atoms with Crippen molar-refractivity contribution in [3.05, 3.63) is 83.2 Å². The monoisotopic (exact) mass is 321 g/mol. The molecule has 1 heterocycles. The van der Waals surface area contributed by atoms with E-state index in [1.807, 2.05) is 12.3 Å². The molecular formula is C20H23N3O. The fraction of sp³-hybridized carbons (Fsp3) is 0.250. The molecular weight excluding hydrogens is 298 g/mol. The lowest BCUT2D eigenvalue weighted by Crippen LogP contribution is -2.13. The normalized spacial score (nSPS) is 12.1. The van der Waals surface area contributed by atoms with Gasteiger partial charge in [-0.25, -0.2) is 0 Å². The van der Waals surface area contributed by atoms with Gasteiger partial charge in [0.15, 0.2) is 0 Å². The molecule has 0 bridgehead atoms. The largest absolute Gasteiger partial charge is 0.394 e. The third-order valence-electron chi connectivity index (χ3n) is 4.14. The first-order valence-corrected chi connectivity index (χ1v) is 8.19. The van der Waals surface area contributed by atoms with E-state index in [1.54, 1.807) is 10.9 Å². The standard InChI is InChI=1S/C20H23N3O/c1-15-8-9-19(16(2)12-15)20(17-6-4-3-5-7-17)22-18-13-21-23(14-18)10-11-24/h3-9,12-14,20,22,24H,10-11H2,1-2H3. The molecule has 1 unspecified atom stereocenters. The summed E-state index contributed by atoms with van der Waals surface area (Å²) in [5.74, 6) is 0. The van der Waals surface area contributed by atoms with E-state index in [-0.39, 0.29) is 12.6 Å². The second-order valence-electron chi connectivity index (χ2n) is 6.06. The highest BCUT2D eigenvalue weighted by Crippen LogP contribution is 2.29. The molecule has 4 nitrogen and oxygen atoms in total. The van der Waals surface area contributed by atoms with Crippen molar-refractivity contribution in [2.75, 3.05) is 11.9 Å². The second kappa shape index (κ2) is 7.32. The van der Waals surface area contributed by atoms with E-state index in [0.717, 1.165) is 5.69 Å². The maximum Gasteiger partial charge on any atom is 0.0771 e. The maximum absolute atomic E-state index is 9.05. The minimum absolute atomic E-state index is 0.0542. The highest BCUT2D eigenvalue weighted by Gasteiger charge is 2.16. The Labute approximate surface area is 142 Å². The van der Waals surface area contributed by atoms with Gasteiger partial charge in [-0.2, -0.15) is 5.10 Å². The number of hydrogen-bond donors (Lipinski definition) is 2. The Bertz CT molecular complexity index is 796. The van der Waals surface area contributed by atoms with Gasteiger partial charge in [-0.3, -0.25) is 4.68 Å². The van der Waals surface area contributed by atoms with Gasteiger partial charge in [0.25, 0.3) is 0 Å². The van der Waals surface area contributed by atoms with Gasteiger partial charge in [-0.1, -0.05) is 54.1 Å². The van der Waals surface area contributed by atoms with E-state index in [2.05, 4.69) is 66.7 Å². The number of anilines is 1. The van der Waals surface area contributed by atoms with Gasteiger partial charge in [0.05, 0.1) is 31.1 Å². The van der Waals surface area contributed by atoms with Gasteiger partial charge in [-0.15, -0.1) is 0 Å². The number of aliphatic hydroxyl groups excluding tert-OH is 1. The van der Waals surface area contributed by atoms with E-state index in [9.17, 15) is 0 Å². The molecule has 0 saturated carbocycles. The lowest BCUT2D eigenvalue weighted by atomic mass is 9.93. The number of benzene rings is 2. The summed E-state index contributed by atoms with van der Waals surface area (Å²) in [6, 6.07) is 17.0. The Balaban J connectivity index is 1.95. The van der Waals surface area contributed by atoms with Crippen LogP contribution < -0.4 is 5.32 Å². The summed E-state index contributed by atoms with van der Waals surface area (Å²) >= 11 is 0. The minimum atomic E-state index is 0.0542. The Hall–Kier alpha value is -2.59. The topological polar surface area (TPSA) is 50.1 Å². The van der Waals surface area contributed by atoms with Crippen LogP contribution in [-0.4, -0.2) is 21.5 Å². The molecule has 1 atom stereocenters. The van der Waals surface area contributed by atoms with Gasteiger partial charge >= 0.3 is 0 Å². The van der Waals surface area contributed by atoms with Crippen molar-refractivity contribution in [2.24, 2.45) is 0 Å². The first kappa shape index (κ1) is 16.3. The molecule has 24 heavy (non-hydrogen) atoms. The first-order valence-electron chi connectivity index (χ1n) is 8.19. The van der Waals surface area contributed by atoms with Crippen LogP contribution in [0.3, 0.4) is 0 Å². The lowest BCUT2D eigenvalue weighted by Gasteiger charge is -2.22. The number of aliphatic hydroxyl groups is 1. The molecule has 3 aromatic rings. The highest BCUT2D eigenvalue weighted by molar-refractivity contribution is 5.49. The Morgan fingerprint density at radius 3 is 2.62 bits per heavy atom. The predicted octanol–water partition coefficient (Wildman–Crippen LogP) is 3.69. The minimum Gasteiger partial charge on any atom is -0.394 e. The van der Waals surface area contributed by atoms with Gasteiger partial charge in [0, 0.05) is 6.20 Å². The Kier molecular flexibility index (Phi) is 4.96. The summed E-state index contributed by atoms with van der Waals surface area (Å²) in [5, 5.41) is 16.9. The SMILES string of the molecule is Cc1ccc(C(Nc2cnn(CCO)c2)c2ccccc2)c(C)c1. The van der Waals surface area contributed by atoms with Crippen LogP contribution in [0.2, 0.25) is 0 Å². The number of aromatic nitrogens is 2. The summed E-state index contributed by atoms with van der Waals surface area (Å²) < 4.78 is 1.74. The summed E-state index contributed by atoms with van der Waals surface area (Å²) in [4.78, 5) is 0. The van der Waals surface area contributed by atoms with E-state index in [1.165, 1.54) is 22.3 Å². The average Bonchev–Trinajstić information content (AvgIpc) is 3.02. The van der Waals surface area contributed by atoms with Crippen LogP contribution in [0.1, 0.15) is 28.3 Å². The molecule has 124 valence electrons. The quantitative estimate of drug-likeness (QED) is 0.728. The smallest absolute Gasteiger partial charge is 0.0771 e. The van der Waals surface area contributed by atoms with Crippen LogP contribution >= 0.6 is 0 Å². The van der Waals surface area contributed by atoms with Crippen LogP contribution in [0.25, 0.3) is 0 Å². The summed E-state index contributed by atoms with van der Waals surface area (Å²) in [7, 11) is 0. The fourth-order valence-electron chi connectivity index (χ4n) is 2.97. The van der Waals surface area contributed by atoms with Crippen molar-refractivity contribution >= 4 is 5.69 Å². The zero-order valence-electron chi connectivity index (χ0n) is 14.1. The third-order valence-corrected chi connectivity index (χ3v) is 4.14. The zero-order valence-corrected chi connectivity index (χ0v) is 14.1. The molecule has 1 aromatic heterocycles. The number of nitrogens with one attached hydrogen (secondary N) is 1. The summed E-state index contributed by atoms with van der Waals surface area (Å²) in [5.41, 5.74) is 5.93. The zero-order chi connectivity index (χ0) is 16.9. The van der Waals surface area contributed by atoms with Crippen molar-refractivity contribution in [3.63, 3.8) is 0 Å². The molecule has 0 fully saturated rings. The second-order valence-corrected chi connectivity index (χ2v) is 6.06. The molecule has 0 saturated heterocycles. The first-order chi connectivity index (χ1) is 11.7. The van der Waals surface area contributed by atoms with Gasteiger partial charge in [-0.05, 0) is 30.5 Å². The molecule has 3 rings (SSSR count). The number of rotatable bonds is 6. The molecule has 2 N–H and O–H groups in total. The Morgan fingerprint density at radius 2 is 1.92 bits per heavy atom. The lowest BCUT2D eigenvalue weighted by molar-refractivity contribution is 0.269. The van der Waals surface area contributed by atoms with Crippen LogP contribution in [0.15, 0.2) is 60.9 Å². The number of nitrogens with zero attached hydrogens (tertiary/aromatic N) is 2. The summed E-state index contributed by atoms with van der Waals surface area (Å²) in [6.45, 7) is 4.84. The molecule has 0 aliphatic carbocycles. The molecule has 0 aliphatic heterocycles. The molecule has 4 heteroatoms. The maximum atomic E-state index is 9.05. The van der Waals surface area contributed by atoms with E-state index in [0.29, 0.717) is 6.54 Å². The highest BCUT2D eigenvalue weighted by atomic mass is 16.3. The third kappa shape index (κ3) is 3.66. The molecule has 0 spiro atoms. The fourth-order valence-corrected chi connectivity index (χ4v) is 2.97.